The van der Waals surface area contributed by atoms with Gasteiger partial charge in [0, 0.05) is 87.9 Å². The second kappa shape index (κ2) is 22.9. The molecule has 1 unspecified atom stereocenters. The summed E-state index contributed by atoms with van der Waals surface area (Å²) in [6, 6.07) is 15.6. The molecule has 3 aliphatic heterocycles. The van der Waals surface area contributed by atoms with Gasteiger partial charge in [0.15, 0.2) is 0 Å². The molecule has 0 spiro atoms. The Balaban J connectivity index is 0.763. The third-order valence-electron chi connectivity index (χ3n) is 15.8. The number of aliphatic hydroxyl groups is 2. The first-order chi connectivity index (χ1) is 35.6. The number of hydrogen-bond acceptors (Lipinski definition) is 14. The molecule has 4 atom stereocenters. The van der Waals surface area contributed by atoms with E-state index >= 15 is 0 Å². The Labute approximate surface area is 450 Å². The topological polar surface area (TPSA) is 217 Å². The molecule has 17 nitrogen and oxygen atoms in total. The van der Waals surface area contributed by atoms with Gasteiger partial charge in [-0.3, -0.25) is 24.1 Å². The third-order valence-corrected chi connectivity index (χ3v) is 17.1. The van der Waals surface area contributed by atoms with E-state index in [1.165, 1.54) is 16.2 Å². The van der Waals surface area contributed by atoms with Crippen LogP contribution in [0.15, 0.2) is 66.3 Å². The number of pyridine rings is 1. The minimum atomic E-state index is -0.980. The molecular formula is C56H73ClN10O7S. The largest absolute Gasteiger partial charge is 0.489 e. The van der Waals surface area contributed by atoms with Crippen molar-refractivity contribution in [2.45, 2.75) is 111 Å². The van der Waals surface area contributed by atoms with Crippen molar-refractivity contribution in [1.29, 1.82) is 5.26 Å². The number of benzene rings is 2. The zero-order chi connectivity index (χ0) is 54.0. The number of aromatic nitrogens is 2. The van der Waals surface area contributed by atoms with Crippen molar-refractivity contribution in [1.82, 2.24) is 40.6 Å². The average Bonchev–Trinajstić information content (AvgIpc) is 4.03. The third kappa shape index (κ3) is 12.5. The average molecular weight is 1070 g/mol. The summed E-state index contributed by atoms with van der Waals surface area (Å²) in [5.41, 5.74) is 3.82. The Kier molecular flexibility index (Phi) is 16.9. The predicted octanol–water partition coefficient (Wildman–Crippen LogP) is 5.83. The zero-order valence-electron chi connectivity index (χ0n) is 44.4. The Morgan fingerprint density at radius 2 is 1.61 bits per heavy atom. The highest BCUT2D eigenvalue weighted by atomic mass is 35.5. The number of halogens is 1. The summed E-state index contributed by atoms with van der Waals surface area (Å²) in [4.78, 5) is 73.7. The van der Waals surface area contributed by atoms with Crippen LogP contribution in [0.3, 0.4) is 0 Å². The highest BCUT2D eigenvalue weighted by Crippen LogP contribution is 2.55. The van der Waals surface area contributed by atoms with Crippen LogP contribution in [0, 0.1) is 40.4 Å². The van der Waals surface area contributed by atoms with Gasteiger partial charge in [0.2, 0.25) is 17.7 Å². The maximum absolute atomic E-state index is 14.3. The SMILES string of the molecule is Cc1ncsc1-c1ccc([C@H](CO)NC(=O)[C@@H]2C[C@@H](O)CN2C(=O)C(NC(=O)CN2CCN(CC3CCN(c4ccc(C(=O)NC5C(C)(C)C(Oc6ccc(C#N)c(Cl)c6)C5(C)C)cn4)CC3)CC2)C(C)(C)C)cc1. The van der Waals surface area contributed by atoms with Crippen molar-refractivity contribution in [3.05, 3.63) is 93.7 Å². The van der Waals surface area contributed by atoms with E-state index in [1.54, 1.807) is 29.9 Å². The number of rotatable bonds is 16. The van der Waals surface area contributed by atoms with Crippen LogP contribution >= 0.6 is 22.9 Å². The van der Waals surface area contributed by atoms with E-state index in [4.69, 9.17) is 21.3 Å². The van der Waals surface area contributed by atoms with E-state index in [0.29, 0.717) is 46.5 Å². The summed E-state index contributed by atoms with van der Waals surface area (Å²) >= 11 is 7.81. The smallest absolute Gasteiger partial charge is 0.253 e. The van der Waals surface area contributed by atoms with Crippen molar-refractivity contribution in [2.24, 2.45) is 22.2 Å². The van der Waals surface area contributed by atoms with Crippen LogP contribution in [0.5, 0.6) is 5.75 Å². The van der Waals surface area contributed by atoms with Gasteiger partial charge in [-0.25, -0.2) is 9.97 Å². The second-order valence-corrected chi connectivity index (χ2v) is 24.4. The molecule has 4 amide bonds. The van der Waals surface area contributed by atoms with Gasteiger partial charge in [0.05, 0.1) is 57.5 Å². The van der Waals surface area contributed by atoms with Crippen LogP contribution in [-0.4, -0.2) is 154 Å². The minimum Gasteiger partial charge on any atom is -0.489 e. The number of anilines is 1. The Bertz CT molecular complexity index is 2710. The quantitative estimate of drug-likeness (QED) is 0.0895. The molecule has 4 aliphatic rings. The number of thiazole rings is 1. The lowest BCUT2D eigenvalue weighted by atomic mass is 9.49. The van der Waals surface area contributed by atoms with Crippen LogP contribution in [0.25, 0.3) is 10.4 Å². The molecule has 0 radical (unpaired) electrons. The van der Waals surface area contributed by atoms with Gasteiger partial charge >= 0.3 is 0 Å². The molecule has 19 heteroatoms. The van der Waals surface area contributed by atoms with Crippen LogP contribution in [0.2, 0.25) is 5.02 Å². The molecule has 2 aromatic heterocycles. The Morgan fingerprint density at radius 3 is 2.20 bits per heavy atom. The molecule has 3 saturated heterocycles. The minimum absolute atomic E-state index is 0.0408. The molecule has 402 valence electrons. The number of amides is 4. The molecule has 4 aromatic rings. The second-order valence-electron chi connectivity index (χ2n) is 23.1. The summed E-state index contributed by atoms with van der Waals surface area (Å²) in [5.74, 6) is 0.573. The summed E-state index contributed by atoms with van der Waals surface area (Å²) in [7, 11) is 0. The number of carbonyl (C=O) groups excluding carboxylic acids is 4. The fourth-order valence-corrected chi connectivity index (χ4v) is 12.9. The normalized spacial score (nSPS) is 22.9. The molecule has 1 aliphatic carbocycles. The number of likely N-dealkylation sites (tertiary alicyclic amines) is 1. The number of hydrogen-bond donors (Lipinski definition) is 5. The number of aryl methyl sites for hydroxylation is 1. The lowest BCUT2D eigenvalue weighted by molar-refractivity contribution is -0.164. The first-order valence-electron chi connectivity index (χ1n) is 26.1. The van der Waals surface area contributed by atoms with Gasteiger partial charge in [-0.05, 0) is 66.5 Å². The standard InChI is InChI=1S/C56H73ClN10O7S/c1-34-47(75-33-60-34)37-11-9-36(10-12-37)43(32-68)61-50(72)44-25-40(69)30-67(44)51(73)48(54(2,3)4)62-46(70)31-65-23-21-64(22-24-65)29-35-17-19-66(20-18-35)45-16-14-39(28-59-45)49(71)63-52-55(5,6)53(56(52,7)8)74-41-15-13-38(27-58)42(57)26-41/h9-16,26,28,33,35,40,43-44,48,52-53,68-69H,17-25,29-32H2,1-8H3,(H,61,72)(H,62,70)(H,63,71)/t40-,43+,44+,48?,52?,53?/m1/s1. The fraction of sp³-hybridized carbons (Fsp3) is 0.554. The van der Waals surface area contributed by atoms with E-state index in [1.807, 2.05) is 64.1 Å². The number of nitrogens with one attached hydrogen (secondary N) is 3. The predicted molar refractivity (Wildman–Crippen MR) is 289 cm³/mol. The van der Waals surface area contributed by atoms with Crippen molar-refractivity contribution in [3.8, 4) is 22.3 Å². The number of aliphatic hydroxyl groups excluding tert-OH is 2. The number of carbonyl (C=O) groups is 4. The highest BCUT2D eigenvalue weighted by Gasteiger charge is 2.64. The lowest BCUT2D eigenvalue weighted by Gasteiger charge is -2.63. The van der Waals surface area contributed by atoms with Gasteiger partial charge in [-0.15, -0.1) is 11.3 Å². The van der Waals surface area contributed by atoms with Crippen LogP contribution in [0.4, 0.5) is 5.82 Å². The van der Waals surface area contributed by atoms with Gasteiger partial charge in [0.25, 0.3) is 5.91 Å². The molecular weight excluding hydrogens is 992 g/mol. The van der Waals surface area contributed by atoms with E-state index < -0.39 is 41.5 Å². The van der Waals surface area contributed by atoms with Gasteiger partial charge in [-0.1, -0.05) is 84.3 Å². The van der Waals surface area contributed by atoms with E-state index in [9.17, 15) is 34.7 Å². The monoisotopic (exact) mass is 1060 g/mol. The zero-order valence-corrected chi connectivity index (χ0v) is 46.0. The molecule has 4 fully saturated rings. The number of nitriles is 1. The van der Waals surface area contributed by atoms with Crippen molar-refractivity contribution in [3.63, 3.8) is 0 Å². The number of β-amino-alcohol motifs (C(OH)–C–C–N with tert-alkyl or cyclic N) is 1. The van der Waals surface area contributed by atoms with Crippen molar-refractivity contribution < 1.29 is 34.1 Å². The Hall–Kier alpha value is -5.68. The lowest BCUT2D eigenvalue weighted by Crippen LogP contribution is -2.74. The molecule has 0 bridgehead atoms. The Morgan fingerprint density at radius 1 is 0.933 bits per heavy atom. The number of piperidine rings is 1. The molecule has 5 N–H and O–H groups in total. The summed E-state index contributed by atoms with van der Waals surface area (Å²) < 4.78 is 6.39. The van der Waals surface area contributed by atoms with E-state index in [-0.39, 0.29) is 60.9 Å². The summed E-state index contributed by atoms with van der Waals surface area (Å²) in [6.07, 6.45) is 2.59. The number of nitrogens with zero attached hydrogens (tertiary/aromatic N) is 7. The van der Waals surface area contributed by atoms with Gasteiger partial charge in [0.1, 0.15) is 35.8 Å². The van der Waals surface area contributed by atoms with Gasteiger partial charge < -0.3 is 45.6 Å². The highest BCUT2D eigenvalue weighted by molar-refractivity contribution is 7.13. The first-order valence-corrected chi connectivity index (χ1v) is 27.4. The number of ether oxygens (including phenoxy) is 1. The number of piperazine rings is 1. The summed E-state index contributed by atoms with van der Waals surface area (Å²) in [5, 5.41) is 39.8. The van der Waals surface area contributed by atoms with Crippen LogP contribution < -0.4 is 25.6 Å². The van der Waals surface area contributed by atoms with Crippen molar-refractivity contribution in [2.75, 3.05) is 70.4 Å². The molecule has 8 rings (SSSR count). The van der Waals surface area contributed by atoms with Crippen LogP contribution in [0.1, 0.15) is 101 Å². The van der Waals surface area contributed by atoms with E-state index in [2.05, 4.69) is 69.4 Å². The maximum Gasteiger partial charge on any atom is 0.253 e. The van der Waals surface area contributed by atoms with E-state index in [0.717, 1.165) is 67.5 Å². The molecule has 1 saturated carbocycles. The fourth-order valence-electron chi connectivity index (χ4n) is 11.8. The van der Waals surface area contributed by atoms with Gasteiger partial charge in [-0.2, -0.15) is 5.26 Å². The maximum atomic E-state index is 14.3. The molecule has 5 heterocycles. The first kappa shape index (κ1) is 55.5. The molecule has 75 heavy (non-hydrogen) atoms. The summed E-state index contributed by atoms with van der Waals surface area (Å²) in [6.45, 7) is 21.4. The molecule has 2 aromatic carbocycles. The van der Waals surface area contributed by atoms with Crippen LogP contribution in [-0.2, 0) is 14.4 Å². The van der Waals surface area contributed by atoms with Crippen molar-refractivity contribution >= 4 is 52.4 Å².